The van der Waals surface area contributed by atoms with Gasteiger partial charge in [0.1, 0.15) is 0 Å². The fourth-order valence-corrected chi connectivity index (χ4v) is 1.53. The van der Waals surface area contributed by atoms with E-state index in [0.29, 0.717) is 5.56 Å². The van der Waals surface area contributed by atoms with Crippen molar-refractivity contribution in [3.05, 3.63) is 35.5 Å². The summed E-state index contributed by atoms with van der Waals surface area (Å²) in [4.78, 5) is 23.3. The number of H-pyrrole nitrogens is 1. The van der Waals surface area contributed by atoms with Crippen molar-refractivity contribution in [1.82, 2.24) is 4.98 Å². The molecule has 1 aromatic carbocycles. The molecule has 0 bridgehead atoms. The minimum absolute atomic E-state index is 0.479. The van der Waals surface area contributed by atoms with E-state index >= 15 is 0 Å². The molecular formula is C11H11NO3. The average molecular weight is 205 g/mol. The van der Waals surface area contributed by atoms with Gasteiger partial charge in [-0.2, -0.15) is 4.89 Å². The lowest BCUT2D eigenvalue weighted by molar-refractivity contribution is -0.216. The minimum Gasteiger partial charge on any atom is -0.360 e. The van der Waals surface area contributed by atoms with E-state index in [1.54, 1.807) is 6.20 Å². The molecule has 0 unspecified atom stereocenters. The number of aryl methyl sites for hydroxylation is 1. The van der Waals surface area contributed by atoms with Crippen molar-refractivity contribution < 1.29 is 14.6 Å². The number of rotatable bonds is 2. The smallest absolute Gasteiger partial charge is 0.360 e. The highest BCUT2D eigenvalue weighted by molar-refractivity contribution is 6.03. The molecule has 0 aliphatic rings. The molecule has 0 radical (unpaired) electrons. The van der Waals surface area contributed by atoms with Crippen LogP contribution in [0.15, 0.2) is 24.4 Å². The first-order valence-electron chi connectivity index (χ1n) is 4.55. The molecule has 15 heavy (non-hydrogen) atoms. The van der Waals surface area contributed by atoms with Gasteiger partial charge in [0, 0.05) is 17.1 Å². The van der Waals surface area contributed by atoms with Crippen molar-refractivity contribution in [1.29, 1.82) is 0 Å². The Morgan fingerprint density at radius 2 is 2.20 bits per heavy atom. The number of fused-ring (bicyclic) bond motifs is 1. The van der Waals surface area contributed by atoms with Crippen LogP contribution in [0.5, 0.6) is 0 Å². The molecule has 0 atom stereocenters. The second-order valence-electron chi connectivity index (χ2n) is 3.29. The summed E-state index contributed by atoms with van der Waals surface area (Å²) in [5.41, 5.74) is 2.53. The quantitative estimate of drug-likeness (QED) is 0.604. The molecule has 0 spiro atoms. The van der Waals surface area contributed by atoms with E-state index in [2.05, 4.69) is 14.8 Å². The highest BCUT2D eigenvalue weighted by Crippen LogP contribution is 2.20. The minimum atomic E-state index is -0.493. The van der Waals surface area contributed by atoms with Crippen LogP contribution in [0.4, 0.5) is 0 Å². The van der Waals surface area contributed by atoms with Crippen molar-refractivity contribution in [3.8, 4) is 0 Å². The van der Waals surface area contributed by atoms with Gasteiger partial charge in [-0.15, -0.1) is 0 Å². The summed E-state index contributed by atoms with van der Waals surface area (Å²) in [6.07, 6.45) is 1.62. The van der Waals surface area contributed by atoms with Crippen LogP contribution in [0, 0.1) is 6.92 Å². The largest absolute Gasteiger partial charge is 0.375 e. The molecule has 1 heterocycles. The Bertz CT molecular complexity index is 502. The number of aromatic amines is 1. The van der Waals surface area contributed by atoms with E-state index in [0.717, 1.165) is 16.5 Å². The second-order valence-corrected chi connectivity index (χ2v) is 3.29. The zero-order valence-corrected chi connectivity index (χ0v) is 8.53. The van der Waals surface area contributed by atoms with E-state index in [9.17, 15) is 4.79 Å². The molecule has 0 saturated carbocycles. The molecule has 0 amide bonds. The standard InChI is InChI=1S/C11H11NO3/c1-7-3-4-8-9(11(13)15-14-2)6-12-10(8)5-7/h3-6,12H,1-2H3. The fraction of sp³-hybridized carbons (Fsp3) is 0.182. The molecule has 4 heteroatoms. The SMILES string of the molecule is COOC(=O)c1c[nH]c2cc(C)ccc12. The molecule has 2 rings (SSSR count). The molecule has 1 N–H and O–H groups in total. The lowest BCUT2D eigenvalue weighted by atomic mass is 10.1. The van der Waals surface area contributed by atoms with Crippen LogP contribution in [0.3, 0.4) is 0 Å². The number of aromatic nitrogens is 1. The van der Waals surface area contributed by atoms with E-state index in [1.807, 2.05) is 25.1 Å². The average Bonchev–Trinajstić information content (AvgIpc) is 2.60. The van der Waals surface area contributed by atoms with E-state index in [-0.39, 0.29) is 0 Å². The van der Waals surface area contributed by atoms with Gasteiger partial charge in [0.2, 0.25) is 0 Å². The van der Waals surface area contributed by atoms with Crippen LogP contribution >= 0.6 is 0 Å². The highest BCUT2D eigenvalue weighted by atomic mass is 17.2. The lowest BCUT2D eigenvalue weighted by Crippen LogP contribution is -2.02. The monoisotopic (exact) mass is 205 g/mol. The van der Waals surface area contributed by atoms with Gasteiger partial charge in [-0.25, -0.2) is 4.79 Å². The zero-order chi connectivity index (χ0) is 10.8. The van der Waals surface area contributed by atoms with Crippen molar-refractivity contribution >= 4 is 16.9 Å². The lowest BCUT2D eigenvalue weighted by Gasteiger charge is -1.98. The Hall–Kier alpha value is -1.81. The number of nitrogens with one attached hydrogen (secondary N) is 1. The first-order chi connectivity index (χ1) is 7.22. The van der Waals surface area contributed by atoms with Gasteiger partial charge < -0.3 is 4.98 Å². The van der Waals surface area contributed by atoms with Gasteiger partial charge in [0.25, 0.3) is 0 Å². The summed E-state index contributed by atoms with van der Waals surface area (Å²) >= 11 is 0. The second kappa shape index (κ2) is 3.74. The molecular weight excluding hydrogens is 194 g/mol. The number of carbonyl (C=O) groups excluding carboxylic acids is 1. The zero-order valence-electron chi connectivity index (χ0n) is 8.53. The molecule has 0 aliphatic heterocycles. The first kappa shape index (κ1) is 9.73. The number of hydrogen-bond donors (Lipinski definition) is 1. The molecule has 0 aliphatic carbocycles. The van der Waals surface area contributed by atoms with Gasteiger partial charge in [-0.05, 0) is 18.6 Å². The molecule has 0 fully saturated rings. The van der Waals surface area contributed by atoms with Crippen molar-refractivity contribution in [2.75, 3.05) is 7.11 Å². The van der Waals surface area contributed by atoms with Gasteiger partial charge >= 0.3 is 5.97 Å². The van der Waals surface area contributed by atoms with E-state index in [4.69, 9.17) is 0 Å². The van der Waals surface area contributed by atoms with Gasteiger partial charge in [-0.1, -0.05) is 12.1 Å². The van der Waals surface area contributed by atoms with Crippen molar-refractivity contribution in [2.45, 2.75) is 6.92 Å². The summed E-state index contributed by atoms with van der Waals surface area (Å²) in [6, 6.07) is 5.80. The predicted molar refractivity (Wildman–Crippen MR) is 55.5 cm³/mol. The van der Waals surface area contributed by atoms with E-state index < -0.39 is 5.97 Å². The molecule has 1 aromatic heterocycles. The van der Waals surface area contributed by atoms with Crippen LogP contribution in [0.25, 0.3) is 10.9 Å². The van der Waals surface area contributed by atoms with Crippen molar-refractivity contribution in [2.24, 2.45) is 0 Å². The topological polar surface area (TPSA) is 51.3 Å². The first-order valence-corrected chi connectivity index (χ1v) is 4.55. The van der Waals surface area contributed by atoms with Crippen LogP contribution in [-0.2, 0) is 9.78 Å². The Balaban J connectivity index is 2.49. The maximum Gasteiger partial charge on any atom is 0.375 e. The Morgan fingerprint density at radius 1 is 1.40 bits per heavy atom. The maximum absolute atomic E-state index is 11.4. The summed E-state index contributed by atoms with van der Waals surface area (Å²) in [6.45, 7) is 1.99. The number of benzene rings is 1. The third kappa shape index (κ3) is 1.71. The van der Waals surface area contributed by atoms with E-state index in [1.165, 1.54) is 7.11 Å². The third-order valence-corrected chi connectivity index (χ3v) is 2.22. The normalized spacial score (nSPS) is 10.5. The fourth-order valence-electron chi connectivity index (χ4n) is 1.53. The summed E-state index contributed by atoms with van der Waals surface area (Å²) in [5.74, 6) is -0.493. The number of carbonyl (C=O) groups is 1. The van der Waals surface area contributed by atoms with Crippen LogP contribution in [-0.4, -0.2) is 18.1 Å². The Labute approximate surface area is 86.7 Å². The molecule has 2 aromatic rings. The summed E-state index contributed by atoms with van der Waals surface area (Å²) in [5, 5.41) is 0.836. The summed E-state index contributed by atoms with van der Waals surface area (Å²) < 4.78 is 0. The van der Waals surface area contributed by atoms with Crippen LogP contribution < -0.4 is 0 Å². The Kier molecular flexibility index (Phi) is 2.43. The van der Waals surface area contributed by atoms with Crippen molar-refractivity contribution in [3.63, 3.8) is 0 Å². The summed E-state index contributed by atoms with van der Waals surface area (Å²) in [7, 11) is 1.30. The highest BCUT2D eigenvalue weighted by Gasteiger charge is 2.13. The Morgan fingerprint density at radius 3 is 2.93 bits per heavy atom. The molecule has 4 nitrogen and oxygen atoms in total. The van der Waals surface area contributed by atoms with Gasteiger partial charge in [0.15, 0.2) is 0 Å². The predicted octanol–water partition coefficient (Wildman–Crippen LogP) is 2.19. The van der Waals surface area contributed by atoms with Crippen LogP contribution in [0.2, 0.25) is 0 Å². The molecule has 0 saturated heterocycles. The van der Waals surface area contributed by atoms with Gasteiger partial charge in [0.05, 0.1) is 12.7 Å². The maximum atomic E-state index is 11.4. The molecule has 78 valence electrons. The number of hydrogen-bond acceptors (Lipinski definition) is 3. The third-order valence-electron chi connectivity index (χ3n) is 2.22. The van der Waals surface area contributed by atoms with Gasteiger partial charge in [-0.3, -0.25) is 4.89 Å². The van der Waals surface area contributed by atoms with Crippen LogP contribution in [0.1, 0.15) is 15.9 Å².